The summed E-state index contributed by atoms with van der Waals surface area (Å²) in [5.41, 5.74) is 8.67. The van der Waals surface area contributed by atoms with Crippen molar-refractivity contribution in [2.75, 3.05) is 9.80 Å². The van der Waals surface area contributed by atoms with Gasteiger partial charge in [-0.05, 0) is 256 Å². The van der Waals surface area contributed by atoms with E-state index in [2.05, 4.69) is 109 Å². The normalized spacial score (nSPS) is 16.9. The Labute approximate surface area is 738 Å². The number of rotatable bonds is 15. The Hall–Kier alpha value is -10.9. The molecule has 0 amide bonds. The quantitative estimate of drug-likeness (QED) is 0.0951. The number of nitrogens with zero attached hydrogens (tertiary/aromatic N) is 4. The smallest absolute Gasteiger partial charge is 0.252 e. The van der Waals surface area contributed by atoms with Crippen molar-refractivity contribution in [1.29, 1.82) is 0 Å². The molecule has 0 atom stereocenters. The van der Waals surface area contributed by atoms with Gasteiger partial charge in [-0.15, -0.1) is 0 Å². The van der Waals surface area contributed by atoms with Crippen molar-refractivity contribution in [2.24, 2.45) is 37.9 Å². The molecule has 5 heteroatoms. The molecule has 17 rings (SSSR count). The van der Waals surface area contributed by atoms with Crippen LogP contribution in [0.5, 0.6) is 0 Å². The highest BCUT2D eigenvalue weighted by molar-refractivity contribution is 7.00. The molecule has 0 fully saturated rings. The molecule has 0 aliphatic carbocycles. The number of fused-ring (bicyclic) bond motifs is 10. The lowest BCUT2D eigenvalue weighted by Gasteiger charge is -2.46. The van der Waals surface area contributed by atoms with E-state index in [4.69, 9.17) is 0 Å². The first kappa shape index (κ1) is 55.7. The van der Waals surface area contributed by atoms with Gasteiger partial charge in [0.15, 0.2) is 0 Å². The Bertz CT molecular complexity index is 7250. The molecule has 0 saturated carbocycles. The third-order valence-electron chi connectivity index (χ3n) is 21.6. The molecule has 13 aromatic carbocycles. The van der Waals surface area contributed by atoms with Crippen molar-refractivity contribution in [1.82, 2.24) is 9.13 Å². The summed E-state index contributed by atoms with van der Waals surface area (Å²) in [6.45, 7) is 40.7. The van der Waals surface area contributed by atoms with Crippen molar-refractivity contribution in [3.8, 4) is 55.9 Å². The number of hydrogen-bond acceptors (Lipinski definition) is 2. The topological polar surface area (TPSA) is 16.3 Å². The van der Waals surface area contributed by atoms with Crippen LogP contribution >= 0.6 is 0 Å². The molecule has 2 aromatic heterocycles. The minimum Gasteiger partial charge on any atom is -0.311 e. The van der Waals surface area contributed by atoms with Crippen molar-refractivity contribution in [2.45, 2.75) is 190 Å². The Balaban J connectivity index is 1.14. The number of aromatic nitrogens is 2. The first-order chi connectivity index (χ1) is 65.5. The third-order valence-corrected chi connectivity index (χ3v) is 21.6. The van der Waals surface area contributed by atoms with Crippen LogP contribution in [0.3, 0.4) is 0 Å². The summed E-state index contributed by atoms with van der Waals surface area (Å²) < 4.78 is 237. The second-order valence-electron chi connectivity index (χ2n) is 40.3. The lowest BCUT2D eigenvalue weighted by atomic mass is 9.33. The standard InChI is InChI=1S/C113H121BN4/c1-107(2,3)66-73-34-30-38-78(54-73)90-64-100(92(60-82(90)71-112(16,17)18)80-40-32-36-75(56-80)68-109(7,8)9)117-102-62-84(115-96-46-26-22-42-86(96)87-43-23-27-47-97(87)115)50-52-94(102)114-95-53-51-85(116-98-48-28-24-44-88(98)89-45-25-29-49-99(89)116)63-103(95)118(105-59-77(70-111(13,14)15)58-104(117)106(105)114)101-65-91(79-39-31-35-74(55-79)67-108(4,5)6)83(72-113(19,20)21)61-93(101)81-41-33-37-76(57-81)69-110(10,11)12/h22-65H,66-72H2,1-21H3/i22D,23D,24D,25D,26D,27D,28D,29D,42D,43D,44D,45D,46D,47D,48D,49D,66D2,67D2,68D2,69D2. The van der Waals surface area contributed by atoms with E-state index in [-0.39, 0.29) is 55.0 Å². The minimum atomic E-state index is -1.96. The van der Waals surface area contributed by atoms with E-state index in [1.54, 1.807) is 24.3 Å². The minimum absolute atomic E-state index is 0.144. The van der Waals surface area contributed by atoms with E-state index >= 15 is 0 Å². The van der Waals surface area contributed by atoms with E-state index in [0.717, 1.165) is 16.7 Å². The lowest BCUT2D eigenvalue weighted by Crippen LogP contribution is -2.61. The summed E-state index contributed by atoms with van der Waals surface area (Å²) in [4.78, 5) is 4.37. The zero-order valence-electron chi connectivity index (χ0n) is 96.2. The highest BCUT2D eigenvalue weighted by Crippen LogP contribution is 2.54. The van der Waals surface area contributed by atoms with Crippen LogP contribution in [-0.2, 0) is 44.8 Å². The second-order valence-corrected chi connectivity index (χ2v) is 40.3. The molecule has 118 heavy (non-hydrogen) atoms. The van der Waals surface area contributed by atoms with Crippen LogP contribution in [0.4, 0.5) is 34.1 Å². The highest BCUT2D eigenvalue weighted by Gasteiger charge is 2.46. The molecular formula is C113H121BN4. The van der Waals surface area contributed by atoms with Crippen LogP contribution in [0.2, 0.25) is 0 Å². The Morgan fingerprint density at radius 2 is 0.568 bits per heavy atom. The number of benzene rings is 13. The SMILES string of the molecule is [2H]c1c([2H])c([2H])c2c(c1[2H])c1c([2H])c([2H])c([2H])c([2H])c1n2-c1ccc2c(c1)N(c1cc(-c3cccc(C([2H])([2H])C(C)(C)C)c3)c(CC(C)(C)C)cc1-c1cccc(C([2H])([2H])C(C)(C)C)c1)c1cc(CC(C)(C)C)cc3c1B2c1ccc(-n2c4c([2H])c([2H])c([2H])c([2H])c4c4c([2H])c([2H])c([2H])c([2H])c42)cc1N3c1cc(-c2cccc(C([2H])([2H])C(C)(C)C)c2)c(CC(C)(C)C)cc1-c1cccc(C([2H])([2H])C(C)(C)C)c1. The number of hydrogen-bond donors (Lipinski definition) is 0. The largest absolute Gasteiger partial charge is 0.311 e. The molecule has 4 heterocycles. The molecular weight excluding hydrogens is 1420 g/mol. The number of anilines is 6. The van der Waals surface area contributed by atoms with Gasteiger partial charge in [0.05, 0.1) is 55.4 Å². The maximum Gasteiger partial charge on any atom is 0.252 e. The van der Waals surface area contributed by atoms with Crippen molar-refractivity contribution in [3.05, 3.63) is 305 Å². The van der Waals surface area contributed by atoms with E-state index < -0.39 is 167 Å². The average molecular weight is 1570 g/mol. The first-order valence-corrected chi connectivity index (χ1v) is 41.4. The fourth-order valence-electron chi connectivity index (χ4n) is 17.8. The van der Waals surface area contributed by atoms with Gasteiger partial charge in [0.25, 0.3) is 6.71 Å². The summed E-state index contributed by atoms with van der Waals surface area (Å²) in [5.74, 6) is 0. The van der Waals surface area contributed by atoms with Crippen LogP contribution in [0.25, 0.3) is 99.5 Å². The van der Waals surface area contributed by atoms with E-state index in [1.807, 2.05) is 192 Å². The van der Waals surface area contributed by atoms with Gasteiger partial charge in [0, 0.05) is 77.8 Å². The van der Waals surface area contributed by atoms with E-state index in [1.165, 1.54) is 9.13 Å². The molecule has 0 unspecified atom stereocenters. The summed E-state index contributed by atoms with van der Waals surface area (Å²) in [6, 6.07) is 45.0. The van der Waals surface area contributed by atoms with E-state index in [9.17, 15) is 32.9 Å². The molecule has 0 radical (unpaired) electrons. The molecule has 0 saturated heterocycles. The fraction of sp³-hybridized carbons (Fsp3) is 0.310. The average Bonchev–Trinajstić information content (AvgIpc) is 0.894. The van der Waals surface area contributed by atoms with Gasteiger partial charge in [0.1, 0.15) is 0 Å². The van der Waals surface area contributed by atoms with Gasteiger partial charge >= 0.3 is 0 Å². The zero-order chi connectivity index (χ0) is 104. The predicted molar refractivity (Wildman–Crippen MR) is 513 cm³/mol. The lowest BCUT2D eigenvalue weighted by molar-refractivity contribution is 0.410. The van der Waals surface area contributed by atoms with Crippen LogP contribution in [-0.4, -0.2) is 15.8 Å². The second kappa shape index (κ2) is 29.6. The first-order valence-electron chi connectivity index (χ1n) is 53.4. The van der Waals surface area contributed by atoms with Crippen molar-refractivity contribution < 1.29 is 32.9 Å². The Morgan fingerprint density at radius 1 is 0.271 bits per heavy atom. The van der Waals surface area contributed by atoms with Crippen molar-refractivity contribution >= 4 is 101 Å². The summed E-state index contributed by atoms with van der Waals surface area (Å²) in [6.07, 6.45) is -6.47. The zero-order valence-corrected chi connectivity index (χ0v) is 72.2. The van der Waals surface area contributed by atoms with Gasteiger partial charge in [-0.2, -0.15) is 0 Å². The highest BCUT2D eigenvalue weighted by atomic mass is 15.2. The summed E-state index contributed by atoms with van der Waals surface area (Å²) in [5, 5.41) is -0.621. The van der Waals surface area contributed by atoms with Crippen LogP contribution in [0.15, 0.2) is 267 Å². The number of para-hydroxylation sites is 4. The summed E-state index contributed by atoms with van der Waals surface area (Å²) in [7, 11) is 0. The monoisotopic (exact) mass is 1570 g/mol. The van der Waals surface area contributed by atoms with Crippen molar-refractivity contribution in [3.63, 3.8) is 0 Å². The van der Waals surface area contributed by atoms with Gasteiger partial charge in [-0.1, -0.05) is 327 Å². The van der Waals surface area contributed by atoms with Crippen LogP contribution in [0, 0.1) is 37.9 Å². The molecule has 15 aromatic rings. The molecule has 596 valence electrons. The maximum atomic E-state index is 10.1. The van der Waals surface area contributed by atoms with Crippen LogP contribution < -0.4 is 26.2 Å². The van der Waals surface area contributed by atoms with E-state index in [0.29, 0.717) is 137 Å². The maximum absolute atomic E-state index is 10.1. The molecule has 2 aliphatic heterocycles. The molecule has 0 spiro atoms. The fourth-order valence-corrected chi connectivity index (χ4v) is 17.8. The molecule has 4 nitrogen and oxygen atoms in total. The third kappa shape index (κ3) is 16.1. The molecule has 0 N–H and O–H groups in total. The van der Waals surface area contributed by atoms with Gasteiger partial charge in [-0.25, -0.2) is 0 Å². The Kier molecular flexibility index (Phi) is 14.0. The molecule has 2 aliphatic rings. The summed E-state index contributed by atoms with van der Waals surface area (Å²) >= 11 is 0. The van der Waals surface area contributed by atoms with Gasteiger partial charge in [-0.3, -0.25) is 0 Å². The van der Waals surface area contributed by atoms with Gasteiger partial charge in [0.2, 0.25) is 0 Å². The van der Waals surface area contributed by atoms with Gasteiger partial charge < -0.3 is 18.9 Å². The van der Waals surface area contributed by atoms with Crippen LogP contribution in [0.1, 0.15) is 217 Å². The molecule has 0 bridgehead atoms. The Morgan fingerprint density at radius 3 is 0.864 bits per heavy atom. The predicted octanol–water partition coefficient (Wildman–Crippen LogP) is 29.8.